The van der Waals surface area contributed by atoms with Crippen molar-refractivity contribution in [2.24, 2.45) is 5.41 Å². The zero-order valence-electron chi connectivity index (χ0n) is 12.6. The molecular weight excluding hydrogens is 256 g/mol. The van der Waals surface area contributed by atoms with Crippen molar-refractivity contribution in [3.05, 3.63) is 39.9 Å². The molecule has 0 heterocycles. The van der Waals surface area contributed by atoms with Gasteiger partial charge in [0.25, 0.3) is 5.69 Å². The number of hydrogen-bond acceptors (Lipinski definition) is 4. The largest absolute Gasteiger partial charge is 0.396 e. The molecule has 0 bridgehead atoms. The molecule has 20 heavy (non-hydrogen) atoms. The quantitative estimate of drug-likeness (QED) is 0.620. The second kappa shape index (κ2) is 6.81. The molecule has 112 valence electrons. The minimum absolute atomic E-state index is 0.0395. The van der Waals surface area contributed by atoms with E-state index in [1.165, 1.54) is 12.1 Å². The van der Waals surface area contributed by atoms with Crippen molar-refractivity contribution in [2.45, 2.75) is 46.2 Å². The zero-order valence-corrected chi connectivity index (χ0v) is 12.6. The summed E-state index contributed by atoms with van der Waals surface area (Å²) in [6, 6.07) is 6.84. The van der Waals surface area contributed by atoms with E-state index in [0.717, 1.165) is 5.56 Å². The van der Waals surface area contributed by atoms with E-state index in [9.17, 15) is 10.1 Å². The molecule has 5 nitrogen and oxygen atoms in total. The summed E-state index contributed by atoms with van der Waals surface area (Å²) in [4.78, 5) is 10.2. The number of benzene rings is 1. The van der Waals surface area contributed by atoms with Crippen LogP contribution in [-0.2, 0) is 0 Å². The van der Waals surface area contributed by atoms with Crippen LogP contribution in [0.4, 0.5) is 5.69 Å². The number of rotatable bonds is 6. The number of nitrogens with one attached hydrogen (secondary N) is 1. The van der Waals surface area contributed by atoms with Crippen molar-refractivity contribution < 1.29 is 10.0 Å². The third kappa shape index (κ3) is 4.58. The summed E-state index contributed by atoms with van der Waals surface area (Å²) in [6.07, 6.45) is 0.681. The Bertz CT molecular complexity index is 437. The molecule has 1 rings (SSSR count). The molecule has 0 fully saturated rings. The van der Waals surface area contributed by atoms with Gasteiger partial charge in [0, 0.05) is 30.8 Å². The van der Waals surface area contributed by atoms with Crippen LogP contribution in [0.15, 0.2) is 24.3 Å². The highest BCUT2D eigenvalue weighted by atomic mass is 16.6. The van der Waals surface area contributed by atoms with Crippen molar-refractivity contribution in [1.82, 2.24) is 5.32 Å². The number of non-ortho nitro benzene ring substituents is 1. The molecule has 0 aliphatic carbocycles. The molecule has 0 saturated heterocycles. The number of nitro groups is 1. The first kappa shape index (κ1) is 16.6. The fourth-order valence-electron chi connectivity index (χ4n) is 2.18. The summed E-state index contributed by atoms with van der Waals surface area (Å²) in [5.74, 6) is 0. The molecule has 2 unspecified atom stereocenters. The molecule has 1 aromatic carbocycles. The van der Waals surface area contributed by atoms with Gasteiger partial charge in [0.1, 0.15) is 0 Å². The van der Waals surface area contributed by atoms with Crippen molar-refractivity contribution in [1.29, 1.82) is 0 Å². The van der Waals surface area contributed by atoms with Crippen LogP contribution >= 0.6 is 0 Å². The minimum atomic E-state index is -0.397. The first-order chi connectivity index (χ1) is 9.25. The number of nitrogens with zero attached hydrogens (tertiary/aromatic N) is 1. The van der Waals surface area contributed by atoms with E-state index in [1.807, 2.05) is 6.92 Å². The molecule has 0 aliphatic heterocycles. The van der Waals surface area contributed by atoms with Gasteiger partial charge in [0.15, 0.2) is 0 Å². The van der Waals surface area contributed by atoms with Crippen LogP contribution in [0.3, 0.4) is 0 Å². The topological polar surface area (TPSA) is 75.4 Å². The van der Waals surface area contributed by atoms with Crippen molar-refractivity contribution in [3.63, 3.8) is 0 Å². The number of aliphatic hydroxyl groups excluding tert-OH is 1. The predicted molar refractivity (Wildman–Crippen MR) is 79.6 cm³/mol. The lowest BCUT2D eigenvalue weighted by molar-refractivity contribution is -0.384. The average molecular weight is 280 g/mol. The monoisotopic (exact) mass is 280 g/mol. The Hall–Kier alpha value is -1.46. The van der Waals surface area contributed by atoms with Crippen molar-refractivity contribution >= 4 is 5.69 Å². The summed E-state index contributed by atoms with van der Waals surface area (Å²) in [6.45, 7) is 8.55. The van der Waals surface area contributed by atoms with E-state index in [2.05, 4.69) is 26.1 Å². The summed E-state index contributed by atoms with van der Waals surface area (Å²) >= 11 is 0. The van der Waals surface area contributed by atoms with Gasteiger partial charge in [-0.3, -0.25) is 10.1 Å². The number of hydrogen-bond donors (Lipinski definition) is 2. The van der Waals surface area contributed by atoms with Gasteiger partial charge < -0.3 is 10.4 Å². The van der Waals surface area contributed by atoms with E-state index in [1.54, 1.807) is 12.1 Å². The van der Waals surface area contributed by atoms with Crippen LogP contribution in [0, 0.1) is 15.5 Å². The summed E-state index contributed by atoms with van der Waals surface area (Å²) in [7, 11) is 0. The zero-order chi connectivity index (χ0) is 15.3. The highest BCUT2D eigenvalue weighted by Crippen LogP contribution is 2.25. The summed E-state index contributed by atoms with van der Waals surface area (Å²) in [5, 5.41) is 23.3. The SMILES string of the molecule is CC(NC(CCO)C(C)(C)C)c1ccc([N+](=O)[O-])cc1. The molecule has 0 spiro atoms. The molecule has 0 aromatic heterocycles. The maximum atomic E-state index is 10.6. The van der Waals surface area contributed by atoms with Crippen LogP contribution in [0.5, 0.6) is 0 Å². The molecule has 1 aromatic rings. The average Bonchev–Trinajstić information content (AvgIpc) is 2.37. The molecule has 0 saturated carbocycles. The Morgan fingerprint density at radius 2 is 1.85 bits per heavy atom. The summed E-state index contributed by atoms with van der Waals surface area (Å²) < 4.78 is 0. The lowest BCUT2D eigenvalue weighted by Crippen LogP contribution is -2.42. The standard InChI is InChI=1S/C15H24N2O3/c1-11(16-14(9-10-18)15(2,3)4)12-5-7-13(8-6-12)17(19)20/h5-8,11,14,16,18H,9-10H2,1-4H3. The fraction of sp³-hybridized carbons (Fsp3) is 0.600. The Morgan fingerprint density at radius 1 is 1.30 bits per heavy atom. The van der Waals surface area contributed by atoms with E-state index in [4.69, 9.17) is 5.11 Å². The first-order valence-electron chi connectivity index (χ1n) is 6.87. The van der Waals surface area contributed by atoms with Crippen molar-refractivity contribution in [2.75, 3.05) is 6.61 Å². The number of aliphatic hydroxyl groups is 1. The second-order valence-corrected chi connectivity index (χ2v) is 6.17. The molecule has 2 N–H and O–H groups in total. The van der Waals surface area contributed by atoms with Gasteiger partial charge in [-0.05, 0) is 24.3 Å². The predicted octanol–water partition coefficient (Wildman–Crippen LogP) is 3.04. The molecular formula is C15H24N2O3. The minimum Gasteiger partial charge on any atom is -0.396 e. The van der Waals surface area contributed by atoms with Crippen LogP contribution in [-0.4, -0.2) is 22.7 Å². The smallest absolute Gasteiger partial charge is 0.269 e. The first-order valence-corrected chi connectivity index (χ1v) is 6.87. The van der Waals surface area contributed by atoms with E-state index >= 15 is 0 Å². The normalized spacial score (nSPS) is 14.8. The van der Waals surface area contributed by atoms with Gasteiger partial charge in [-0.2, -0.15) is 0 Å². The highest BCUT2D eigenvalue weighted by Gasteiger charge is 2.25. The van der Waals surface area contributed by atoms with E-state index < -0.39 is 4.92 Å². The lowest BCUT2D eigenvalue weighted by Gasteiger charge is -2.34. The second-order valence-electron chi connectivity index (χ2n) is 6.17. The van der Waals surface area contributed by atoms with Gasteiger partial charge in [0.2, 0.25) is 0 Å². The Labute approximate surface area is 120 Å². The highest BCUT2D eigenvalue weighted by molar-refractivity contribution is 5.34. The third-order valence-electron chi connectivity index (χ3n) is 3.52. The van der Waals surface area contributed by atoms with Crippen molar-refractivity contribution in [3.8, 4) is 0 Å². The van der Waals surface area contributed by atoms with Crippen LogP contribution in [0.1, 0.15) is 45.7 Å². The maximum Gasteiger partial charge on any atom is 0.269 e. The van der Waals surface area contributed by atoms with Gasteiger partial charge in [0.05, 0.1) is 4.92 Å². The number of nitro benzene ring substituents is 1. The lowest BCUT2D eigenvalue weighted by atomic mass is 9.84. The molecule has 0 amide bonds. The fourth-order valence-corrected chi connectivity index (χ4v) is 2.18. The van der Waals surface area contributed by atoms with E-state index in [-0.39, 0.29) is 29.8 Å². The molecule has 2 atom stereocenters. The Morgan fingerprint density at radius 3 is 2.25 bits per heavy atom. The Balaban J connectivity index is 2.78. The van der Waals surface area contributed by atoms with Gasteiger partial charge in [-0.15, -0.1) is 0 Å². The molecule has 5 heteroatoms. The molecule has 0 radical (unpaired) electrons. The van der Waals surface area contributed by atoms with Crippen LogP contribution in [0.2, 0.25) is 0 Å². The maximum absolute atomic E-state index is 10.6. The van der Waals surface area contributed by atoms with Gasteiger partial charge >= 0.3 is 0 Å². The molecule has 0 aliphatic rings. The van der Waals surface area contributed by atoms with Gasteiger partial charge in [-0.1, -0.05) is 32.9 Å². The van der Waals surface area contributed by atoms with Gasteiger partial charge in [-0.25, -0.2) is 0 Å². The van der Waals surface area contributed by atoms with Crippen LogP contribution < -0.4 is 5.32 Å². The summed E-state index contributed by atoms with van der Waals surface area (Å²) in [5.41, 5.74) is 1.14. The third-order valence-corrected chi connectivity index (χ3v) is 3.52. The Kier molecular flexibility index (Phi) is 5.65. The van der Waals surface area contributed by atoms with E-state index in [0.29, 0.717) is 6.42 Å². The van der Waals surface area contributed by atoms with Crippen LogP contribution in [0.25, 0.3) is 0 Å².